The summed E-state index contributed by atoms with van der Waals surface area (Å²) in [6.07, 6.45) is 5.02. The molecule has 2 fully saturated rings. The van der Waals surface area contributed by atoms with Crippen molar-refractivity contribution >= 4 is 23.3 Å². The standard InChI is InChI=1S/C19H24N2O3/c1-11(17-10-13-3-4-15(17)9-13)20-18(23)19(24)21-16-7-5-14(6-8-16)12(2)22/h5-8,11,13,15,17H,3-4,9-10H2,1-2H3,(H,20,23)(H,21,24). The molecule has 0 aliphatic heterocycles. The summed E-state index contributed by atoms with van der Waals surface area (Å²) in [5.74, 6) is 0.711. The molecule has 5 nitrogen and oxygen atoms in total. The second-order valence-electron chi connectivity index (χ2n) is 7.19. The van der Waals surface area contributed by atoms with Crippen molar-refractivity contribution in [2.45, 2.75) is 45.6 Å². The first-order chi connectivity index (χ1) is 11.4. The Balaban J connectivity index is 1.53. The molecule has 5 heteroatoms. The number of carbonyl (C=O) groups is 3. The number of rotatable bonds is 4. The quantitative estimate of drug-likeness (QED) is 0.659. The number of benzene rings is 1. The van der Waals surface area contributed by atoms with E-state index in [9.17, 15) is 14.4 Å². The van der Waals surface area contributed by atoms with Crippen molar-refractivity contribution in [3.05, 3.63) is 29.8 Å². The molecule has 1 aromatic rings. The average molecular weight is 328 g/mol. The first-order valence-electron chi connectivity index (χ1n) is 8.67. The highest BCUT2D eigenvalue weighted by Gasteiger charge is 2.42. The van der Waals surface area contributed by atoms with Crippen LogP contribution in [0.25, 0.3) is 0 Å². The molecule has 24 heavy (non-hydrogen) atoms. The van der Waals surface area contributed by atoms with Gasteiger partial charge in [0.05, 0.1) is 0 Å². The van der Waals surface area contributed by atoms with Gasteiger partial charge >= 0.3 is 11.8 Å². The lowest BCUT2D eigenvalue weighted by Crippen LogP contribution is -2.45. The van der Waals surface area contributed by atoms with E-state index in [1.54, 1.807) is 24.3 Å². The molecule has 4 atom stereocenters. The molecule has 0 aromatic heterocycles. The highest BCUT2D eigenvalue weighted by Crippen LogP contribution is 2.49. The van der Waals surface area contributed by atoms with Crippen LogP contribution in [0.5, 0.6) is 0 Å². The zero-order valence-corrected chi connectivity index (χ0v) is 14.2. The van der Waals surface area contributed by atoms with E-state index in [0.29, 0.717) is 23.1 Å². The molecule has 2 aliphatic carbocycles. The summed E-state index contributed by atoms with van der Waals surface area (Å²) >= 11 is 0. The van der Waals surface area contributed by atoms with Gasteiger partial charge in [0.1, 0.15) is 0 Å². The Hall–Kier alpha value is -2.17. The molecule has 2 amide bonds. The zero-order valence-electron chi connectivity index (χ0n) is 14.2. The number of carbonyl (C=O) groups excluding carboxylic acids is 3. The maximum absolute atomic E-state index is 12.1. The fraction of sp³-hybridized carbons (Fsp3) is 0.526. The lowest BCUT2D eigenvalue weighted by molar-refractivity contribution is -0.136. The molecule has 1 aromatic carbocycles. The van der Waals surface area contributed by atoms with Gasteiger partial charge in [-0.1, -0.05) is 6.42 Å². The maximum Gasteiger partial charge on any atom is 0.313 e. The molecule has 2 aliphatic rings. The number of hydrogen-bond donors (Lipinski definition) is 2. The molecule has 0 saturated heterocycles. The number of fused-ring (bicyclic) bond motifs is 2. The van der Waals surface area contributed by atoms with Gasteiger partial charge in [0.2, 0.25) is 0 Å². The van der Waals surface area contributed by atoms with Crippen molar-refractivity contribution in [2.24, 2.45) is 17.8 Å². The second kappa shape index (κ2) is 6.75. The smallest absolute Gasteiger partial charge is 0.313 e. The topological polar surface area (TPSA) is 75.3 Å². The molecular weight excluding hydrogens is 304 g/mol. The van der Waals surface area contributed by atoms with Crippen LogP contribution in [0.1, 0.15) is 49.9 Å². The first-order valence-corrected chi connectivity index (χ1v) is 8.67. The average Bonchev–Trinajstić information content (AvgIpc) is 3.18. The van der Waals surface area contributed by atoms with Crippen LogP contribution in [-0.2, 0) is 9.59 Å². The van der Waals surface area contributed by atoms with E-state index in [0.717, 1.165) is 5.92 Å². The van der Waals surface area contributed by atoms with Crippen LogP contribution >= 0.6 is 0 Å². The Kier molecular flexibility index (Phi) is 4.69. The van der Waals surface area contributed by atoms with Gasteiger partial charge in [0, 0.05) is 17.3 Å². The number of hydrogen-bond acceptors (Lipinski definition) is 3. The minimum atomic E-state index is -0.666. The third-order valence-corrected chi connectivity index (χ3v) is 5.55. The Morgan fingerprint density at radius 3 is 2.29 bits per heavy atom. The van der Waals surface area contributed by atoms with Crippen LogP contribution in [0, 0.1) is 17.8 Å². The number of ketones is 1. The van der Waals surface area contributed by atoms with Crippen LogP contribution in [-0.4, -0.2) is 23.6 Å². The van der Waals surface area contributed by atoms with Crippen LogP contribution in [0.3, 0.4) is 0 Å². The number of nitrogens with one attached hydrogen (secondary N) is 2. The van der Waals surface area contributed by atoms with Crippen molar-refractivity contribution in [1.82, 2.24) is 5.32 Å². The minimum Gasteiger partial charge on any atom is -0.345 e. The largest absolute Gasteiger partial charge is 0.345 e. The van der Waals surface area contributed by atoms with Gasteiger partial charge in [-0.3, -0.25) is 14.4 Å². The van der Waals surface area contributed by atoms with Crippen LogP contribution in [0.2, 0.25) is 0 Å². The second-order valence-corrected chi connectivity index (χ2v) is 7.19. The molecule has 2 bridgehead atoms. The predicted molar refractivity (Wildman–Crippen MR) is 91.6 cm³/mol. The molecule has 0 spiro atoms. The Labute approximate surface area is 142 Å². The third-order valence-electron chi connectivity index (χ3n) is 5.55. The van der Waals surface area contributed by atoms with Gasteiger partial charge < -0.3 is 10.6 Å². The van der Waals surface area contributed by atoms with E-state index in [1.165, 1.54) is 32.6 Å². The van der Waals surface area contributed by atoms with E-state index in [4.69, 9.17) is 0 Å². The van der Waals surface area contributed by atoms with Crippen molar-refractivity contribution in [1.29, 1.82) is 0 Å². The van der Waals surface area contributed by atoms with Crippen LogP contribution in [0.4, 0.5) is 5.69 Å². The summed E-state index contributed by atoms with van der Waals surface area (Å²) in [6, 6.07) is 6.54. The molecule has 2 N–H and O–H groups in total. The Morgan fingerprint density at radius 2 is 1.75 bits per heavy atom. The van der Waals surface area contributed by atoms with Crippen molar-refractivity contribution in [3.8, 4) is 0 Å². The molecule has 0 heterocycles. The Bertz CT molecular complexity index is 653. The summed E-state index contributed by atoms with van der Waals surface area (Å²) < 4.78 is 0. The number of Topliss-reactive ketones (excluding diaryl/α,β-unsaturated/α-hetero) is 1. The number of amides is 2. The molecule has 3 rings (SSSR count). The maximum atomic E-state index is 12.1. The first kappa shape index (κ1) is 16.7. The van der Waals surface area contributed by atoms with Crippen molar-refractivity contribution < 1.29 is 14.4 Å². The fourth-order valence-corrected chi connectivity index (χ4v) is 4.26. The van der Waals surface area contributed by atoms with Gasteiger partial charge in [-0.2, -0.15) is 0 Å². The summed E-state index contributed by atoms with van der Waals surface area (Å²) in [7, 11) is 0. The minimum absolute atomic E-state index is 0.0265. The van der Waals surface area contributed by atoms with E-state index < -0.39 is 11.8 Å². The summed E-state index contributed by atoms with van der Waals surface area (Å²) in [5.41, 5.74) is 1.08. The van der Waals surface area contributed by atoms with Crippen LogP contribution in [0.15, 0.2) is 24.3 Å². The monoisotopic (exact) mass is 328 g/mol. The van der Waals surface area contributed by atoms with E-state index >= 15 is 0 Å². The van der Waals surface area contributed by atoms with Crippen molar-refractivity contribution in [3.63, 3.8) is 0 Å². The van der Waals surface area contributed by atoms with Gasteiger partial charge in [0.25, 0.3) is 0 Å². The van der Waals surface area contributed by atoms with E-state index in [1.807, 2.05) is 6.92 Å². The van der Waals surface area contributed by atoms with Gasteiger partial charge in [-0.25, -0.2) is 0 Å². The van der Waals surface area contributed by atoms with Gasteiger partial charge in [0.15, 0.2) is 5.78 Å². The predicted octanol–water partition coefficient (Wildman–Crippen LogP) is 2.77. The normalized spacial score (nSPS) is 26.0. The zero-order chi connectivity index (χ0) is 17.3. The molecule has 128 valence electrons. The lowest BCUT2D eigenvalue weighted by atomic mass is 9.84. The number of anilines is 1. The van der Waals surface area contributed by atoms with E-state index in [2.05, 4.69) is 10.6 Å². The van der Waals surface area contributed by atoms with E-state index in [-0.39, 0.29) is 11.8 Å². The molecule has 2 saturated carbocycles. The third kappa shape index (κ3) is 3.50. The van der Waals surface area contributed by atoms with Gasteiger partial charge in [-0.05, 0) is 75.1 Å². The molecule has 0 radical (unpaired) electrons. The molecular formula is C19H24N2O3. The summed E-state index contributed by atoms with van der Waals surface area (Å²) in [6.45, 7) is 3.48. The fourth-order valence-electron chi connectivity index (χ4n) is 4.26. The van der Waals surface area contributed by atoms with Crippen LogP contribution < -0.4 is 10.6 Å². The van der Waals surface area contributed by atoms with Gasteiger partial charge in [-0.15, -0.1) is 0 Å². The molecule has 4 unspecified atom stereocenters. The highest BCUT2D eigenvalue weighted by molar-refractivity contribution is 6.39. The summed E-state index contributed by atoms with van der Waals surface area (Å²) in [4.78, 5) is 35.4. The SMILES string of the molecule is CC(=O)c1ccc(NC(=O)C(=O)NC(C)C2CC3CCC2C3)cc1. The lowest BCUT2D eigenvalue weighted by Gasteiger charge is -2.28. The highest BCUT2D eigenvalue weighted by atomic mass is 16.2. The summed E-state index contributed by atoms with van der Waals surface area (Å²) in [5, 5.41) is 5.43. The van der Waals surface area contributed by atoms with Crippen molar-refractivity contribution in [2.75, 3.05) is 5.32 Å². The Morgan fingerprint density at radius 1 is 1.04 bits per heavy atom.